The Kier molecular flexibility index (Phi) is 8.05. The first kappa shape index (κ1) is 18.1. The summed E-state index contributed by atoms with van der Waals surface area (Å²) in [5.74, 6) is 0.775. The molecule has 2 fully saturated rings. The molecule has 0 bridgehead atoms. The van der Waals surface area contributed by atoms with Crippen LogP contribution in [0.4, 0.5) is 0 Å². The molecule has 7 heteroatoms. The minimum absolute atomic E-state index is 0. The van der Waals surface area contributed by atoms with Crippen molar-refractivity contribution in [3.8, 4) is 0 Å². The predicted molar refractivity (Wildman–Crippen MR) is 81.2 cm³/mol. The Labute approximate surface area is 136 Å². The molecular formula is C12H27BrN4S2. The molecular weight excluding hydrogens is 344 g/mol. The number of hydrogen-bond acceptors (Lipinski definition) is 5. The van der Waals surface area contributed by atoms with E-state index in [0.29, 0.717) is 17.0 Å². The number of halogens is 1. The van der Waals surface area contributed by atoms with Gasteiger partial charge in [0, 0.05) is 25.7 Å². The number of nitrogens with zero attached hydrogens (tertiary/aromatic N) is 2. The van der Waals surface area contributed by atoms with Crippen LogP contribution in [0.15, 0.2) is 0 Å². The van der Waals surface area contributed by atoms with Gasteiger partial charge in [-0.1, -0.05) is 20.3 Å². The SMILES string of the molecule is CCC(C)C1CN(C2[NH2+]C(N(C)C)SS2)CCN1.[Br-]. The largest absolute Gasteiger partial charge is 1.00 e. The predicted octanol–water partition coefficient (Wildman–Crippen LogP) is -2.60. The fourth-order valence-electron chi connectivity index (χ4n) is 2.46. The lowest BCUT2D eigenvalue weighted by molar-refractivity contribution is -0.710. The van der Waals surface area contributed by atoms with Gasteiger partial charge in [-0.15, -0.1) is 0 Å². The lowest BCUT2D eigenvalue weighted by atomic mass is 9.97. The summed E-state index contributed by atoms with van der Waals surface area (Å²) in [5, 5.41) is 6.17. The monoisotopic (exact) mass is 370 g/mol. The van der Waals surface area contributed by atoms with Crippen molar-refractivity contribution in [1.82, 2.24) is 15.1 Å². The molecule has 114 valence electrons. The highest BCUT2D eigenvalue weighted by molar-refractivity contribution is 8.77. The molecule has 4 unspecified atom stereocenters. The first-order valence-corrected chi connectivity index (χ1v) is 9.20. The Morgan fingerprint density at radius 2 is 2.16 bits per heavy atom. The van der Waals surface area contributed by atoms with Crippen molar-refractivity contribution < 1.29 is 22.3 Å². The zero-order chi connectivity index (χ0) is 13.1. The molecule has 0 aromatic rings. The molecule has 2 rings (SSSR count). The van der Waals surface area contributed by atoms with Gasteiger partial charge in [0.05, 0.1) is 0 Å². The van der Waals surface area contributed by atoms with E-state index in [-0.39, 0.29) is 17.0 Å². The third-order valence-corrected chi connectivity index (χ3v) is 7.07. The highest BCUT2D eigenvalue weighted by Gasteiger charge is 2.38. The molecule has 2 heterocycles. The maximum absolute atomic E-state index is 3.68. The highest BCUT2D eigenvalue weighted by atomic mass is 79.9. The first-order valence-electron chi connectivity index (χ1n) is 6.92. The summed E-state index contributed by atoms with van der Waals surface area (Å²) < 4.78 is 0. The zero-order valence-corrected chi connectivity index (χ0v) is 15.5. The molecule has 0 aliphatic carbocycles. The molecule has 0 spiro atoms. The average molecular weight is 371 g/mol. The molecule has 3 N–H and O–H groups in total. The van der Waals surface area contributed by atoms with E-state index < -0.39 is 0 Å². The fraction of sp³-hybridized carbons (Fsp3) is 1.00. The van der Waals surface area contributed by atoms with E-state index in [1.807, 2.05) is 21.6 Å². The maximum atomic E-state index is 3.68. The Bertz CT molecular complexity index is 270. The minimum atomic E-state index is 0. The maximum Gasteiger partial charge on any atom is 0.202 e. The number of quaternary nitrogens is 1. The first-order chi connectivity index (χ1) is 8.61. The van der Waals surface area contributed by atoms with Crippen molar-refractivity contribution in [3.63, 3.8) is 0 Å². The van der Waals surface area contributed by atoms with Crippen LogP contribution in [0.5, 0.6) is 0 Å². The molecule has 0 radical (unpaired) electrons. The van der Waals surface area contributed by atoms with Crippen LogP contribution >= 0.6 is 21.6 Å². The Morgan fingerprint density at radius 3 is 2.74 bits per heavy atom. The summed E-state index contributed by atoms with van der Waals surface area (Å²) in [4.78, 5) is 4.94. The van der Waals surface area contributed by atoms with E-state index in [2.05, 4.69) is 48.4 Å². The van der Waals surface area contributed by atoms with Gasteiger partial charge in [0.2, 0.25) is 11.0 Å². The van der Waals surface area contributed by atoms with Crippen molar-refractivity contribution in [2.45, 2.75) is 37.3 Å². The Balaban J connectivity index is 0.00000180. The van der Waals surface area contributed by atoms with Crippen LogP contribution in [0.3, 0.4) is 0 Å². The van der Waals surface area contributed by atoms with Gasteiger partial charge in [-0.25, -0.2) is 4.90 Å². The van der Waals surface area contributed by atoms with Crippen molar-refractivity contribution in [3.05, 3.63) is 0 Å². The van der Waals surface area contributed by atoms with Crippen LogP contribution in [-0.2, 0) is 0 Å². The number of nitrogens with two attached hydrogens (primary N) is 1. The second kappa shape index (κ2) is 8.46. The third-order valence-electron chi connectivity index (χ3n) is 4.02. The molecule has 4 nitrogen and oxygen atoms in total. The summed E-state index contributed by atoms with van der Waals surface area (Å²) in [6, 6.07) is 0.668. The van der Waals surface area contributed by atoms with E-state index in [9.17, 15) is 0 Å². The van der Waals surface area contributed by atoms with Crippen LogP contribution in [-0.4, -0.2) is 60.6 Å². The Morgan fingerprint density at radius 1 is 1.42 bits per heavy atom. The molecule has 2 saturated heterocycles. The summed E-state index contributed by atoms with van der Waals surface area (Å²) in [6.07, 6.45) is 1.27. The van der Waals surface area contributed by atoms with Gasteiger partial charge < -0.3 is 22.3 Å². The quantitative estimate of drug-likeness (QED) is 0.530. The van der Waals surface area contributed by atoms with Crippen molar-refractivity contribution >= 4 is 21.6 Å². The van der Waals surface area contributed by atoms with Gasteiger partial charge in [0.25, 0.3) is 0 Å². The molecule has 0 amide bonds. The van der Waals surface area contributed by atoms with Crippen LogP contribution in [0, 0.1) is 5.92 Å². The van der Waals surface area contributed by atoms with Crippen molar-refractivity contribution in [2.24, 2.45) is 5.92 Å². The van der Waals surface area contributed by atoms with Crippen molar-refractivity contribution in [1.29, 1.82) is 0 Å². The van der Waals surface area contributed by atoms with Crippen LogP contribution in [0.2, 0.25) is 0 Å². The summed E-state index contributed by atoms with van der Waals surface area (Å²) >= 11 is 0. The topological polar surface area (TPSA) is 35.1 Å². The lowest BCUT2D eigenvalue weighted by Crippen LogP contribution is -3.00. The molecule has 0 aromatic carbocycles. The lowest BCUT2D eigenvalue weighted by Gasteiger charge is -2.37. The summed E-state index contributed by atoms with van der Waals surface area (Å²) in [5.41, 5.74) is 1.16. The molecule has 2 aliphatic rings. The van der Waals surface area contributed by atoms with E-state index >= 15 is 0 Å². The van der Waals surface area contributed by atoms with Crippen LogP contribution in [0.1, 0.15) is 20.3 Å². The molecule has 2 aliphatic heterocycles. The van der Waals surface area contributed by atoms with Gasteiger partial charge in [-0.05, 0) is 41.6 Å². The zero-order valence-electron chi connectivity index (χ0n) is 12.3. The standard InChI is InChI=1S/C12H26N4S2.BrH/c1-5-9(2)10-8-16(7-6-13-10)12-14-11(15(3)4)17-18-12;/h9-14H,5-8H2,1-4H3;1H. The second-order valence-electron chi connectivity index (χ2n) is 5.57. The highest BCUT2D eigenvalue weighted by Crippen LogP contribution is 2.34. The molecule has 4 atom stereocenters. The van der Waals surface area contributed by atoms with E-state index in [1.165, 1.54) is 19.5 Å². The smallest absolute Gasteiger partial charge is 0.202 e. The fourth-order valence-corrected chi connectivity index (χ4v) is 5.65. The van der Waals surface area contributed by atoms with Crippen LogP contribution < -0.4 is 27.6 Å². The van der Waals surface area contributed by atoms with Gasteiger partial charge in [-0.3, -0.25) is 10.2 Å². The van der Waals surface area contributed by atoms with E-state index in [0.717, 1.165) is 12.5 Å². The van der Waals surface area contributed by atoms with Gasteiger partial charge in [0.15, 0.2) is 0 Å². The summed E-state index contributed by atoms with van der Waals surface area (Å²) in [6.45, 7) is 8.17. The number of hydrogen-bond donors (Lipinski definition) is 2. The minimum Gasteiger partial charge on any atom is -1.00 e. The Hall–Kier alpha value is 1.02. The molecule has 0 aromatic heterocycles. The van der Waals surface area contributed by atoms with E-state index in [4.69, 9.17) is 0 Å². The molecule has 19 heavy (non-hydrogen) atoms. The average Bonchev–Trinajstić information content (AvgIpc) is 2.88. The van der Waals surface area contributed by atoms with Gasteiger partial charge in [0.1, 0.15) is 0 Å². The summed E-state index contributed by atoms with van der Waals surface area (Å²) in [7, 11) is 8.34. The number of rotatable bonds is 4. The van der Waals surface area contributed by atoms with Crippen molar-refractivity contribution in [2.75, 3.05) is 33.7 Å². The molecule has 0 saturated carbocycles. The second-order valence-corrected chi connectivity index (χ2v) is 8.08. The number of piperazine rings is 1. The third kappa shape index (κ3) is 4.76. The van der Waals surface area contributed by atoms with E-state index in [1.54, 1.807) is 0 Å². The van der Waals surface area contributed by atoms with Crippen LogP contribution in [0.25, 0.3) is 0 Å². The number of nitrogens with one attached hydrogen (secondary N) is 1. The van der Waals surface area contributed by atoms with Gasteiger partial charge in [-0.2, -0.15) is 0 Å². The normalized spacial score (nSPS) is 34.3. The van der Waals surface area contributed by atoms with Gasteiger partial charge >= 0.3 is 0 Å².